The zero-order chi connectivity index (χ0) is 22.1. The van der Waals surface area contributed by atoms with Crippen molar-refractivity contribution in [3.8, 4) is 0 Å². The third kappa shape index (κ3) is 5.66. The van der Waals surface area contributed by atoms with Crippen LogP contribution in [-0.2, 0) is 17.5 Å². The molecule has 0 aromatic heterocycles. The Morgan fingerprint density at radius 2 is 1.76 bits per heavy atom. The van der Waals surface area contributed by atoms with E-state index in [-0.39, 0.29) is 25.2 Å². The Bertz CT molecular complexity index is 801. The molecule has 1 aliphatic heterocycles. The largest absolute Gasteiger partial charge is 0.478 e. The van der Waals surface area contributed by atoms with Gasteiger partial charge in [-0.2, -0.15) is 13.2 Å². The number of nitrogens with two attached hydrogens (primary N) is 1. The number of carbonyl (C=O) groups is 2. The monoisotopic (exact) mass is 437 g/mol. The molecule has 0 aliphatic carbocycles. The molecule has 11 heteroatoms. The summed E-state index contributed by atoms with van der Waals surface area (Å²) < 4.78 is 45.8. The molecule has 1 aliphatic rings. The summed E-state index contributed by atoms with van der Waals surface area (Å²) in [6.07, 6.45) is -5.28. The molecule has 0 atom stereocenters. The summed E-state index contributed by atoms with van der Waals surface area (Å²) in [6.45, 7) is 6.20. The predicted molar refractivity (Wildman–Crippen MR) is 101 cm³/mol. The van der Waals surface area contributed by atoms with Crippen LogP contribution in [-0.4, -0.2) is 58.7 Å². The van der Waals surface area contributed by atoms with Crippen LogP contribution < -0.4 is 5.73 Å². The van der Waals surface area contributed by atoms with Crippen LogP contribution in [0.25, 0.3) is 0 Å². The molecule has 29 heavy (non-hydrogen) atoms. The SMILES string of the molecule is CC(C)(C)OC(=O)N1CCN(Cc2c(C(F)(F)F)cc(C(=O)O)c(N)c2Cl)CC1. The lowest BCUT2D eigenvalue weighted by Crippen LogP contribution is -2.49. The van der Waals surface area contributed by atoms with Gasteiger partial charge in [-0.1, -0.05) is 11.6 Å². The van der Waals surface area contributed by atoms with E-state index in [1.165, 1.54) is 4.90 Å². The molecule has 1 fully saturated rings. The molecule has 0 saturated carbocycles. The minimum absolute atomic E-state index is 0.181. The number of halogens is 4. The molecule has 0 bridgehead atoms. The highest BCUT2D eigenvalue weighted by atomic mass is 35.5. The number of nitrogens with zero attached hydrogens (tertiary/aromatic N) is 2. The fourth-order valence-corrected chi connectivity index (χ4v) is 3.19. The standard InChI is InChI=1S/C18H23ClF3N3O4/c1-17(2,3)29-16(28)25-6-4-24(5-7-25)9-11-12(18(20,21)22)8-10(15(26)27)14(23)13(11)19/h8H,4-7,9,23H2,1-3H3,(H,26,27). The van der Waals surface area contributed by atoms with Crippen molar-refractivity contribution in [3.63, 3.8) is 0 Å². The number of amides is 1. The van der Waals surface area contributed by atoms with Gasteiger partial charge >= 0.3 is 18.2 Å². The van der Waals surface area contributed by atoms with E-state index >= 15 is 0 Å². The molecule has 1 aromatic rings. The van der Waals surface area contributed by atoms with Crippen LogP contribution >= 0.6 is 11.6 Å². The average Bonchev–Trinajstić information content (AvgIpc) is 2.56. The van der Waals surface area contributed by atoms with E-state index in [0.29, 0.717) is 19.2 Å². The van der Waals surface area contributed by atoms with Crippen molar-refractivity contribution in [1.82, 2.24) is 9.80 Å². The summed E-state index contributed by atoms with van der Waals surface area (Å²) >= 11 is 6.03. The highest BCUT2D eigenvalue weighted by molar-refractivity contribution is 6.34. The lowest BCUT2D eigenvalue weighted by molar-refractivity contribution is -0.138. The highest BCUT2D eigenvalue weighted by Crippen LogP contribution is 2.40. The molecule has 3 N–H and O–H groups in total. The van der Waals surface area contributed by atoms with Gasteiger partial charge in [-0.15, -0.1) is 0 Å². The lowest BCUT2D eigenvalue weighted by atomic mass is 10.00. The number of piperazine rings is 1. The van der Waals surface area contributed by atoms with Gasteiger partial charge in [-0.05, 0) is 32.4 Å². The fourth-order valence-electron chi connectivity index (χ4n) is 2.93. The number of carboxylic acids is 1. The Morgan fingerprint density at radius 1 is 1.21 bits per heavy atom. The van der Waals surface area contributed by atoms with Crippen molar-refractivity contribution >= 4 is 29.4 Å². The number of hydrogen-bond acceptors (Lipinski definition) is 5. The van der Waals surface area contributed by atoms with Gasteiger partial charge < -0.3 is 20.5 Å². The van der Waals surface area contributed by atoms with Crippen molar-refractivity contribution in [1.29, 1.82) is 0 Å². The van der Waals surface area contributed by atoms with E-state index in [4.69, 9.17) is 27.2 Å². The van der Waals surface area contributed by atoms with Crippen LogP contribution in [0.1, 0.15) is 42.3 Å². The second kappa shape index (κ2) is 8.27. The maximum atomic E-state index is 13.5. The molecule has 1 heterocycles. The van der Waals surface area contributed by atoms with Gasteiger partial charge in [0.05, 0.1) is 21.8 Å². The summed E-state index contributed by atoms with van der Waals surface area (Å²) in [7, 11) is 0. The van der Waals surface area contributed by atoms with E-state index in [1.807, 2.05) is 0 Å². The Hall–Kier alpha value is -2.20. The summed E-state index contributed by atoms with van der Waals surface area (Å²) in [4.78, 5) is 26.5. The number of aromatic carboxylic acids is 1. The summed E-state index contributed by atoms with van der Waals surface area (Å²) in [5.74, 6) is -1.59. The van der Waals surface area contributed by atoms with Crippen LogP contribution in [0, 0.1) is 0 Å². The Morgan fingerprint density at radius 3 is 2.21 bits per heavy atom. The first-order chi connectivity index (χ1) is 13.2. The molecule has 0 spiro atoms. The first-order valence-electron chi connectivity index (χ1n) is 8.82. The van der Waals surface area contributed by atoms with Gasteiger partial charge in [0.25, 0.3) is 0 Å². The number of alkyl halides is 3. The third-order valence-electron chi connectivity index (χ3n) is 4.35. The van der Waals surface area contributed by atoms with Gasteiger partial charge in [0.1, 0.15) is 5.60 Å². The maximum Gasteiger partial charge on any atom is 0.416 e. The number of hydrogen-bond donors (Lipinski definition) is 2. The lowest BCUT2D eigenvalue weighted by Gasteiger charge is -2.36. The number of benzene rings is 1. The topological polar surface area (TPSA) is 96.1 Å². The van der Waals surface area contributed by atoms with Crippen molar-refractivity contribution in [3.05, 3.63) is 27.8 Å². The maximum absolute atomic E-state index is 13.5. The molecule has 0 unspecified atom stereocenters. The molecule has 1 aromatic carbocycles. The minimum atomic E-state index is -4.80. The number of rotatable bonds is 3. The second-order valence-corrected chi connectivity index (χ2v) is 8.10. The number of nitrogen functional groups attached to an aromatic ring is 1. The highest BCUT2D eigenvalue weighted by Gasteiger charge is 2.37. The van der Waals surface area contributed by atoms with Crippen LogP contribution in [0.5, 0.6) is 0 Å². The van der Waals surface area contributed by atoms with Gasteiger partial charge in [-0.3, -0.25) is 4.90 Å². The van der Waals surface area contributed by atoms with Crippen molar-refractivity contribution in [2.24, 2.45) is 0 Å². The molecule has 0 radical (unpaired) electrons. The van der Waals surface area contributed by atoms with E-state index in [1.54, 1.807) is 25.7 Å². The quantitative estimate of drug-likeness (QED) is 0.700. The summed E-state index contributed by atoms with van der Waals surface area (Å²) in [5.41, 5.74) is 2.49. The molecular formula is C18H23ClF3N3O4. The smallest absolute Gasteiger partial charge is 0.416 e. The normalized spacial score (nSPS) is 16.0. The van der Waals surface area contributed by atoms with E-state index in [9.17, 15) is 22.8 Å². The third-order valence-corrected chi connectivity index (χ3v) is 4.78. The van der Waals surface area contributed by atoms with Crippen LogP contribution in [0.15, 0.2) is 6.07 Å². The van der Waals surface area contributed by atoms with Crippen molar-refractivity contribution in [2.45, 2.75) is 39.1 Å². The Balaban J connectivity index is 2.20. The first-order valence-corrected chi connectivity index (χ1v) is 9.20. The second-order valence-electron chi connectivity index (χ2n) is 7.72. The van der Waals surface area contributed by atoms with Crippen molar-refractivity contribution in [2.75, 3.05) is 31.9 Å². The van der Waals surface area contributed by atoms with Crippen LogP contribution in [0.3, 0.4) is 0 Å². The fraction of sp³-hybridized carbons (Fsp3) is 0.556. The Kier molecular flexibility index (Phi) is 6.58. The number of anilines is 1. The average molecular weight is 438 g/mol. The van der Waals surface area contributed by atoms with Crippen molar-refractivity contribution < 1.29 is 32.6 Å². The van der Waals surface area contributed by atoms with Gasteiger partial charge in [0.2, 0.25) is 0 Å². The number of carbonyl (C=O) groups excluding carboxylic acids is 1. The van der Waals surface area contributed by atoms with Gasteiger partial charge in [-0.25, -0.2) is 9.59 Å². The molecule has 1 saturated heterocycles. The van der Waals surface area contributed by atoms with Crippen LogP contribution in [0.4, 0.5) is 23.7 Å². The van der Waals surface area contributed by atoms with Gasteiger partial charge in [0, 0.05) is 32.7 Å². The van der Waals surface area contributed by atoms with E-state index < -0.39 is 45.7 Å². The molecular weight excluding hydrogens is 415 g/mol. The summed E-state index contributed by atoms with van der Waals surface area (Å²) in [5, 5.41) is 8.66. The van der Waals surface area contributed by atoms with E-state index in [0.717, 1.165) is 0 Å². The number of ether oxygens (including phenoxy) is 1. The van der Waals surface area contributed by atoms with Crippen LogP contribution in [0.2, 0.25) is 5.02 Å². The molecule has 7 nitrogen and oxygen atoms in total. The van der Waals surface area contributed by atoms with E-state index in [2.05, 4.69) is 0 Å². The molecule has 162 valence electrons. The zero-order valence-electron chi connectivity index (χ0n) is 16.3. The van der Waals surface area contributed by atoms with Gasteiger partial charge in [0.15, 0.2) is 0 Å². The Labute approximate surface area is 171 Å². The predicted octanol–water partition coefficient (Wildman–Crippen LogP) is 3.69. The zero-order valence-corrected chi connectivity index (χ0v) is 17.0. The number of carboxylic acid groups (broad SMARTS) is 1. The minimum Gasteiger partial charge on any atom is -0.478 e. The molecule has 2 rings (SSSR count). The molecule has 1 amide bonds. The first kappa shape index (κ1) is 23.1. The summed E-state index contributed by atoms with van der Waals surface area (Å²) in [6, 6.07) is 0.510.